The van der Waals surface area contributed by atoms with Crippen molar-refractivity contribution in [3.63, 3.8) is 0 Å². The molecule has 0 amide bonds. The van der Waals surface area contributed by atoms with Crippen LogP contribution in [0.2, 0.25) is 0 Å². The molecule has 0 aliphatic heterocycles. The molecule has 4 nitrogen and oxygen atoms in total. The van der Waals surface area contributed by atoms with E-state index in [0.29, 0.717) is 5.96 Å². The predicted octanol–water partition coefficient (Wildman–Crippen LogP) is 3.58. The zero-order valence-corrected chi connectivity index (χ0v) is 15.4. The lowest BCUT2D eigenvalue weighted by atomic mass is 9.86. The fourth-order valence-electron chi connectivity index (χ4n) is 2.71. The van der Waals surface area contributed by atoms with Crippen molar-refractivity contribution in [1.29, 1.82) is 0 Å². The number of aromatic nitrogens is 1. The summed E-state index contributed by atoms with van der Waals surface area (Å²) in [7, 11) is 0. The summed E-state index contributed by atoms with van der Waals surface area (Å²) in [6.07, 6.45) is 6.07. The molecule has 4 heteroatoms. The monoisotopic (exact) mass is 338 g/mol. The second-order valence-electron chi connectivity index (χ2n) is 7.20. The molecule has 1 heterocycles. The van der Waals surface area contributed by atoms with E-state index in [2.05, 4.69) is 59.5 Å². The number of rotatable bonds is 9. The van der Waals surface area contributed by atoms with E-state index in [1.165, 1.54) is 12.0 Å². The van der Waals surface area contributed by atoms with Gasteiger partial charge in [0, 0.05) is 31.4 Å². The predicted molar refractivity (Wildman–Crippen MR) is 106 cm³/mol. The Labute approximate surface area is 151 Å². The molecule has 0 atom stereocenters. The lowest BCUT2D eigenvalue weighted by Crippen LogP contribution is -2.34. The number of guanidine groups is 1. The first-order valence-electron chi connectivity index (χ1n) is 9.03. The van der Waals surface area contributed by atoms with Gasteiger partial charge in [0.1, 0.15) is 0 Å². The molecular weight excluding hydrogens is 308 g/mol. The second kappa shape index (κ2) is 9.82. The van der Waals surface area contributed by atoms with Crippen molar-refractivity contribution in [2.75, 3.05) is 13.1 Å². The molecule has 0 radical (unpaired) electrons. The van der Waals surface area contributed by atoms with E-state index < -0.39 is 0 Å². The van der Waals surface area contributed by atoms with E-state index in [0.717, 1.165) is 38.0 Å². The third-order valence-corrected chi connectivity index (χ3v) is 4.25. The van der Waals surface area contributed by atoms with Gasteiger partial charge in [-0.15, -0.1) is 0 Å². The number of hydrogen-bond acceptors (Lipinski definition) is 2. The molecule has 0 spiro atoms. The van der Waals surface area contributed by atoms with Crippen molar-refractivity contribution >= 4 is 5.96 Å². The van der Waals surface area contributed by atoms with Crippen molar-refractivity contribution < 1.29 is 0 Å². The van der Waals surface area contributed by atoms with Crippen LogP contribution in [0.15, 0.2) is 59.7 Å². The highest BCUT2D eigenvalue weighted by molar-refractivity contribution is 5.77. The minimum absolute atomic E-state index is 0.155. The van der Waals surface area contributed by atoms with Crippen molar-refractivity contribution in [3.8, 4) is 0 Å². The number of pyridine rings is 1. The van der Waals surface area contributed by atoms with E-state index in [9.17, 15) is 0 Å². The first kappa shape index (κ1) is 19.0. The van der Waals surface area contributed by atoms with E-state index in [1.807, 2.05) is 24.4 Å². The number of aliphatic imine (C=N–C) groups is 1. The van der Waals surface area contributed by atoms with Gasteiger partial charge < -0.3 is 11.1 Å². The third kappa shape index (κ3) is 7.84. The average molecular weight is 338 g/mol. The maximum atomic E-state index is 5.98. The van der Waals surface area contributed by atoms with E-state index >= 15 is 0 Å². The molecule has 0 fully saturated rings. The van der Waals surface area contributed by atoms with Gasteiger partial charge in [-0.2, -0.15) is 0 Å². The number of aryl methyl sites for hydroxylation is 1. The van der Waals surface area contributed by atoms with Crippen LogP contribution in [-0.2, 0) is 12.8 Å². The van der Waals surface area contributed by atoms with Crippen LogP contribution in [0, 0.1) is 5.41 Å². The lowest BCUT2D eigenvalue weighted by molar-refractivity contribution is 0.338. The van der Waals surface area contributed by atoms with Crippen molar-refractivity contribution in [1.82, 2.24) is 10.3 Å². The van der Waals surface area contributed by atoms with Crippen molar-refractivity contribution in [2.45, 2.75) is 39.5 Å². The van der Waals surface area contributed by atoms with Crippen LogP contribution in [0.25, 0.3) is 0 Å². The summed E-state index contributed by atoms with van der Waals surface area (Å²) in [5.74, 6) is 0.520. The fourth-order valence-corrected chi connectivity index (χ4v) is 2.71. The van der Waals surface area contributed by atoms with Crippen molar-refractivity contribution in [3.05, 3.63) is 66.0 Å². The number of nitrogens with zero attached hydrogens (tertiary/aromatic N) is 2. The Morgan fingerprint density at radius 3 is 2.56 bits per heavy atom. The van der Waals surface area contributed by atoms with Gasteiger partial charge in [0.2, 0.25) is 0 Å². The Morgan fingerprint density at radius 1 is 1.08 bits per heavy atom. The topological polar surface area (TPSA) is 63.3 Å². The Kier molecular flexibility index (Phi) is 7.45. The minimum Gasteiger partial charge on any atom is -0.370 e. The van der Waals surface area contributed by atoms with Crippen LogP contribution in [0.5, 0.6) is 0 Å². The molecule has 0 unspecified atom stereocenters. The Bertz CT molecular complexity index is 635. The summed E-state index contributed by atoms with van der Waals surface area (Å²) < 4.78 is 0. The number of hydrogen-bond donors (Lipinski definition) is 2. The van der Waals surface area contributed by atoms with E-state index in [4.69, 9.17) is 5.73 Å². The maximum Gasteiger partial charge on any atom is 0.188 e. The van der Waals surface area contributed by atoms with Crippen LogP contribution >= 0.6 is 0 Å². The van der Waals surface area contributed by atoms with Gasteiger partial charge in [-0.1, -0.05) is 50.2 Å². The highest BCUT2D eigenvalue weighted by Crippen LogP contribution is 2.23. The van der Waals surface area contributed by atoms with Gasteiger partial charge in [0.25, 0.3) is 0 Å². The molecular formula is C21H30N4. The zero-order chi connectivity index (χ0) is 18.0. The molecule has 1 aromatic carbocycles. The van der Waals surface area contributed by atoms with Crippen LogP contribution in [0.1, 0.15) is 37.9 Å². The smallest absolute Gasteiger partial charge is 0.188 e. The van der Waals surface area contributed by atoms with Crippen LogP contribution in [0.4, 0.5) is 0 Å². The minimum atomic E-state index is 0.155. The standard InChI is InChI=1S/C21H30N4/c1-21(2,14-8-11-18-9-4-3-5-10-18)17-25-20(22)24-16-13-19-12-6-7-15-23-19/h3-7,9-10,12,15H,8,11,13-14,16-17H2,1-2H3,(H3,22,24,25). The summed E-state index contributed by atoms with van der Waals surface area (Å²) >= 11 is 0. The van der Waals surface area contributed by atoms with E-state index in [1.54, 1.807) is 0 Å². The largest absolute Gasteiger partial charge is 0.370 e. The second-order valence-corrected chi connectivity index (χ2v) is 7.20. The van der Waals surface area contributed by atoms with E-state index in [-0.39, 0.29) is 5.41 Å². The lowest BCUT2D eigenvalue weighted by Gasteiger charge is -2.22. The molecule has 2 aromatic rings. The Morgan fingerprint density at radius 2 is 1.84 bits per heavy atom. The first-order valence-corrected chi connectivity index (χ1v) is 9.03. The SMILES string of the molecule is CC(C)(CCCc1ccccc1)CN=C(N)NCCc1ccccn1. The summed E-state index contributed by atoms with van der Waals surface area (Å²) in [5, 5.41) is 3.17. The first-order chi connectivity index (χ1) is 12.1. The molecule has 0 bridgehead atoms. The number of nitrogens with two attached hydrogens (primary N) is 1. The highest BCUT2D eigenvalue weighted by atomic mass is 15.1. The quantitative estimate of drug-likeness (QED) is 0.542. The highest BCUT2D eigenvalue weighted by Gasteiger charge is 2.17. The molecule has 3 N–H and O–H groups in total. The maximum absolute atomic E-state index is 5.98. The van der Waals surface area contributed by atoms with Gasteiger partial charge >= 0.3 is 0 Å². The summed E-state index contributed by atoms with van der Waals surface area (Å²) in [5.41, 5.74) is 8.60. The Balaban J connectivity index is 1.67. The molecule has 25 heavy (non-hydrogen) atoms. The molecule has 0 saturated heterocycles. The molecule has 134 valence electrons. The molecule has 2 rings (SSSR count). The summed E-state index contributed by atoms with van der Waals surface area (Å²) in [6, 6.07) is 16.6. The van der Waals surface area contributed by atoms with Gasteiger partial charge in [-0.05, 0) is 42.4 Å². The van der Waals surface area contributed by atoms with Gasteiger partial charge in [0.05, 0.1) is 0 Å². The number of nitrogens with one attached hydrogen (secondary N) is 1. The summed E-state index contributed by atoms with van der Waals surface area (Å²) in [6.45, 7) is 6.00. The van der Waals surface area contributed by atoms with Crippen molar-refractivity contribution in [2.24, 2.45) is 16.1 Å². The van der Waals surface area contributed by atoms with Crippen LogP contribution in [0.3, 0.4) is 0 Å². The normalized spacial score (nSPS) is 12.2. The molecule has 0 aliphatic rings. The van der Waals surface area contributed by atoms with Gasteiger partial charge in [-0.3, -0.25) is 9.98 Å². The third-order valence-electron chi connectivity index (χ3n) is 4.25. The fraction of sp³-hybridized carbons (Fsp3) is 0.429. The molecule has 1 aromatic heterocycles. The molecule has 0 saturated carbocycles. The summed E-state index contributed by atoms with van der Waals surface area (Å²) in [4.78, 5) is 8.81. The zero-order valence-electron chi connectivity index (χ0n) is 15.4. The Hall–Kier alpha value is -2.36. The average Bonchev–Trinajstić information content (AvgIpc) is 2.62. The van der Waals surface area contributed by atoms with Crippen LogP contribution in [-0.4, -0.2) is 24.0 Å². The molecule has 0 aliphatic carbocycles. The van der Waals surface area contributed by atoms with Gasteiger partial charge in [-0.25, -0.2) is 0 Å². The van der Waals surface area contributed by atoms with Crippen LogP contribution < -0.4 is 11.1 Å². The number of benzene rings is 1. The van der Waals surface area contributed by atoms with Gasteiger partial charge in [0.15, 0.2) is 5.96 Å².